The van der Waals surface area contributed by atoms with Gasteiger partial charge in [-0.05, 0) is 23.4 Å². The molecule has 0 fully saturated rings. The van der Waals surface area contributed by atoms with Crippen LogP contribution < -0.4 is 5.32 Å². The van der Waals surface area contributed by atoms with E-state index < -0.39 is 0 Å². The first-order chi connectivity index (χ1) is 5.88. The Morgan fingerprint density at radius 1 is 1.42 bits per heavy atom. The van der Waals surface area contributed by atoms with Crippen molar-refractivity contribution in [3.8, 4) is 0 Å². The normalized spacial score (nSPS) is 10.5. The van der Waals surface area contributed by atoms with Gasteiger partial charge in [0.2, 0.25) is 0 Å². The Labute approximate surface area is 72.2 Å². The van der Waals surface area contributed by atoms with Crippen molar-refractivity contribution in [1.29, 1.82) is 0 Å². The summed E-state index contributed by atoms with van der Waals surface area (Å²) < 4.78 is 1.84. The summed E-state index contributed by atoms with van der Waals surface area (Å²) >= 11 is 0. The molecule has 1 rings (SSSR count). The van der Waals surface area contributed by atoms with Crippen LogP contribution >= 0.6 is 0 Å². The number of hydrogen-bond acceptors (Lipinski definition) is 4. The third-order valence-corrected chi connectivity index (χ3v) is 1.57. The summed E-state index contributed by atoms with van der Waals surface area (Å²) in [6.07, 6.45) is 1.06. The van der Waals surface area contributed by atoms with Crippen molar-refractivity contribution in [3.05, 3.63) is 5.82 Å². The van der Waals surface area contributed by atoms with Crippen LogP contribution in [-0.4, -0.2) is 26.8 Å². The van der Waals surface area contributed by atoms with Crippen molar-refractivity contribution in [2.45, 2.75) is 33.4 Å². The molecule has 0 amide bonds. The Balaban J connectivity index is 2.51. The van der Waals surface area contributed by atoms with Crippen LogP contribution in [0.3, 0.4) is 0 Å². The molecule has 0 bridgehead atoms. The minimum Gasteiger partial charge on any atom is -0.310 e. The predicted molar refractivity (Wildman–Crippen MR) is 45.5 cm³/mol. The third-order valence-electron chi connectivity index (χ3n) is 1.57. The molecule has 0 spiro atoms. The molecule has 1 aromatic heterocycles. The van der Waals surface area contributed by atoms with Crippen LogP contribution in [0.2, 0.25) is 0 Å². The lowest BCUT2D eigenvalue weighted by molar-refractivity contribution is 0.538. The summed E-state index contributed by atoms with van der Waals surface area (Å²) in [6, 6.07) is 0. The van der Waals surface area contributed by atoms with Gasteiger partial charge in [0.25, 0.3) is 0 Å². The highest BCUT2D eigenvalue weighted by Crippen LogP contribution is 1.92. The molecule has 1 N–H and O–H groups in total. The standard InChI is InChI=1S/C7H15N5/c1-3-5-12-7(6-8-4-2)9-10-11-12/h8H,3-6H2,1-2H3. The van der Waals surface area contributed by atoms with E-state index >= 15 is 0 Å². The summed E-state index contributed by atoms with van der Waals surface area (Å²) in [4.78, 5) is 0. The number of rotatable bonds is 5. The lowest BCUT2D eigenvalue weighted by atomic mass is 10.4. The van der Waals surface area contributed by atoms with Crippen molar-refractivity contribution in [2.75, 3.05) is 6.54 Å². The summed E-state index contributed by atoms with van der Waals surface area (Å²) in [5.41, 5.74) is 0. The fourth-order valence-electron chi connectivity index (χ4n) is 0.972. The van der Waals surface area contributed by atoms with Crippen molar-refractivity contribution in [3.63, 3.8) is 0 Å². The smallest absolute Gasteiger partial charge is 0.165 e. The van der Waals surface area contributed by atoms with E-state index in [1.807, 2.05) is 4.68 Å². The van der Waals surface area contributed by atoms with Crippen molar-refractivity contribution >= 4 is 0 Å². The number of tetrazole rings is 1. The van der Waals surface area contributed by atoms with E-state index in [2.05, 4.69) is 34.7 Å². The van der Waals surface area contributed by atoms with E-state index in [9.17, 15) is 0 Å². The highest BCUT2D eigenvalue weighted by molar-refractivity contribution is 4.78. The molecule has 0 aliphatic rings. The van der Waals surface area contributed by atoms with Gasteiger partial charge in [-0.1, -0.05) is 13.8 Å². The highest BCUT2D eigenvalue weighted by Gasteiger charge is 2.02. The van der Waals surface area contributed by atoms with Crippen molar-refractivity contribution < 1.29 is 0 Å². The van der Waals surface area contributed by atoms with Crippen LogP contribution in [0, 0.1) is 0 Å². The van der Waals surface area contributed by atoms with Gasteiger partial charge in [-0.15, -0.1) is 5.10 Å². The van der Waals surface area contributed by atoms with Gasteiger partial charge < -0.3 is 5.32 Å². The molecular weight excluding hydrogens is 154 g/mol. The summed E-state index contributed by atoms with van der Waals surface area (Å²) in [5.74, 6) is 0.915. The van der Waals surface area contributed by atoms with Crippen LogP contribution in [0.4, 0.5) is 0 Å². The highest BCUT2D eigenvalue weighted by atomic mass is 15.5. The maximum absolute atomic E-state index is 3.91. The zero-order valence-electron chi connectivity index (χ0n) is 7.62. The molecule has 68 valence electrons. The van der Waals surface area contributed by atoms with Gasteiger partial charge in [-0.3, -0.25) is 0 Å². The monoisotopic (exact) mass is 169 g/mol. The van der Waals surface area contributed by atoms with Crippen LogP contribution in [-0.2, 0) is 13.1 Å². The minimum absolute atomic E-state index is 0.753. The maximum atomic E-state index is 3.91. The van der Waals surface area contributed by atoms with Crippen LogP contribution in [0.5, 0.6) is 0 Å². The number of aromatic nitrogens is 4. The third kappa shape index (κ3) is 2.27. The molecule has 0 radical (unpaired) electrons. The van der Waals surface area contributed by atoms with Crippen molar-refractivity contribution in [2.24, 2.45) is 0 Å². The summed E-state index contributed by atoms with van der Waals surface area (Å²) in [6.45, 7) is 6.77. The molecule has 1 aromatic rings. The molecule has 1 heterocycles. The van der Waals surface area contributed by atoms with E-state index in [-0.39, 0.29) is 0 Å². The molecule has 12 heavy (non-hydrogen) atoms. The topological polar surface area (TPSA) is 55.6 Å². The molecule has 5 heteroatoms. The number of nitrogens with one attached hydrogen (secondary N) is 1. The van der Waals surface area contributed by atoms with E-state index in [1.165, 1.54) is 0 Å². The van der Waals surface area contributed by atoms with E-state index in [0.29, 0.717) is 0 Å². The average Bonchev–Trinajstić information content (AvgIpc) is 2.50. The molecule has 0 aromatic carbocycles. The Hall–Kier alpha value is -0.970. The van der Waals surface area contributed by atoms with E-state index in [0.717, 1.165) is 31.9 Å². The molecule has 0 aliphatic heterocycles. The maximum Gasteiger partial charge on any atom is 0.165 e. The first kappa shape index (κ1) is 9.12. The molecule has 0 atom stereocenters. The second-order valence-corrected chi connectivity index (χ2v) is 2.60. The lowest BCUT2D eigenvalue weighted by Crippen LogP contribution is -2.16. The van der Waals surface area contributed by atoms with Gasteiger partial charge in [0.15, 0.2) is 5.82 Å². The second-order valence-electron chi connectivity index (χ2n) is 2.60. The molecule has 5 nitrogen and oxygen atoms in total. The first-order valence-electron chi connectivity index (χ1n) is 4.34. The zero-order valence-corrected chi connectivity index (χ0v) is 7.62. The zero-order chi connectivity index (χ0) is 8.81. The quantitative estimate of drug-likeness (QED) is 0.683. The lowest BCUT2D eigenvalue weighted by Gasteiger charge is -2.01. The number of aryl methyl sites for hydroxylation is 1. The van der Waals surface area contributed by atoms with E-state index in [1.54, 1.807) is 0 Å². The molecule has 0 saturated carbocycles. The largest absolute Gasteiger partial charge is 0.310 e. The fraction of sp³-hybridized carbons (Fsp3) is 0.857. The van der Waals surface area contributed by atoms with Crippen molar-refractivity contribution in [1.82, 2.24) is 25.5 Å². The van der Waals surface area contributed by atoms with Gasteiger partial charge in [0.05, 0.1) is 6.54 Å². The fourth-order valence-corrected chi connectivity index (χ4v) is 0.972. The molecular formula is C7H15N5. The van der Waals surface area contributed by atoms with E-state index in [4.69, 9.17) is 0 Å². The Morgan fingerprint density at radius 3 is 2.92 bits per heavy atom. The number of nitrogens with zero attached hydrogens (tertiary/aromatic N) is 4. The average molecular weight is 169 g/mol. The Bertz CT molecular complexity index is 219. The molecule has 0 aliphatic carbocycles. The number of hydrogen-bond donors (Lipinski definition) is 1. The minimum atomic E-state index is 0.753. The SMILES string of the molecule is CCCn1nnnc1CNCC. The molecule has 0 unspecified atom stereocenters. The predicted octanol–water partition coefficient (Wildman–Crippen LogP) is 0.193. The van der Waals surface area contributed by atoms with Crippen LogP contribution in [0.1, 0.15) is 26.1 Å². The van der Waals surface area contributed by atoms with Crippen LogP contribution in [0.15, 0.2) is 0 Å². The summed E-state index contributed by atoms with van der Waals surface area (Å²) in [5, 5.41) is 14.6. The van der Waals surface area contributed by atoms with Gasteiger partial charge in [-0.2, -0.15) is 0 Å². The second kappa shape index (κ2) is 4.82. The van der Waals surface area contributed by atoms with Gasteiger partial charge >= 0.3 is 0 Å². The van der Waals surface area contributed by atoms with Gasteiger partial charge in [-0.25, -0.2) is 4.68 Å². The van der Waals surface area contributed by atoms with Gasteiger partial charge in [0.1, 0.15) is 0 Å². The first-order valence-corrected chi connectivity index (χ1v) is 4.34. The Kier molecular flexibility index (Phi) is 3.66. The molecule has 0 saturated heterocycles. The summed E-state index contributed by atoms with van der Waals surface area (Å²) in [7, 11) is 0. The Morgan fingerprint density at radius 2 is 2.25 bits per heavy atom. The van der Waals surface area contributed by atoms with Crippen LogP contribution in [0.25, 0.3) is 0 Å². The van der Waals surface area contributed by atoms with Gasteiger partial charge in [0, 0.05) is 6.54 Å².